The van der Waals surface area contributed by atoms with Crippen LogP contribution in [0, 0.1) is 5.92 Å². The van der Waals surface area contributed by atoms with Crippen molar-refractivity contribution in [2.24, 2.45) is 11.7 Å². The molecule has 7 nitrogen and oxygen atoms in total. The molecule has 2 heterocycles. The first-order valence-corrected chi connectivity index (χ1v) is 9.19. The maximum Gasteiger partial charge on any atom is 0.253 e. The Morgan fingerprint density at radius 1 is 1.27 bits per heavy atom. The van der Waals surface area contributed by atoms with Crippen LogP contribution in [0.3, 0.4) is 0 Å². The molecule has 1 aromatic rings. The molecule has 0 saturated carbocycles. The minimum Gasteiger partial charge on any atom is -0.355 e. The molecular formula is C19H26N4O3. The Balaban J connectivity index is 1.69. The molecule has 0 aliphatic carbocycles. The van der Waals surface area contributed by atoms with Crippen LogP contribution in [0.15, 0.2) is 18.2 Å². The van der Waals surface area contributed by atoms with Crippen molar-refractivity contribution in [3.63, 3.8) is 0 Å². The zero-order chi connectivity index (χ0) is 18.7. The van der Waals surface area contributed by atoms with Gasteiger partial charge in [-0.15, -0.1) is 0 Å². The lowest BCUT2D eigenvalue weighted by Gasteiger charge is -2.32. The predicted molar refractivity (Wildman–Crippen MR) is 98.9 cm³/mol. The number of likely N-dealkylation sites (tertiary alicyclic amines) is 1. The molecule has 140 valence electrons. The van der Waals surface area contributed by atoms with Gasteiger partial charge in [0.25, 0.3) is 5.91 Å². The number of carbonyl (C=O) groups is 3. The summed E-state index contributed by atoms with van der Waals surface area (Å²) >= 11 is 0. The van der Waals surface area contributed by atoms with Crippen molar-refractivity contribution in [1.29, 1.82) is 0 Å². The summed E-state index contributed by atoms with van der Waals surface area (Å²) in [6.07, 6.45) is 2.37. The van der Waals surface area contributed by atoms with Gasteiger partial charge in [0.2, 0.25) is 11.8 Å². The number of nitrogens with two attached hydrogens (primary N) is 1. The molecule has 1 atom stereocenters. The highest BCUT2D eigenvalue weighted by molar-refractivity contribution is 5.98. The van der Waals surface area contributed by atoms with E-state index in [1.165, 1.54) is 0 Å². The number of fused-ring (bicyclic) bond motifs is 1. The SMILES string of the molecule is CC(=O)N1CCc2cc(C(=O)N3CCCC(C(=O)NCCN)C3)ccc21. The fraction of sp³-hybridized carbons (Fsp3) is 0.526. The lowest BCUT2D eigenvalue weighted by atomic mass is 9.96. The van der Waals surface area contributed by atoms with Crippen LogP contribution in [0.25, 0.3) is 0 Å². The molecule has 3 amide bonds. The van der Waals surface area contributed by atoms with Gasteiger partial charge >= 0.3 is 0 Å². The van der Waals surface area contributed by atoms with E-state index in [9.17, 15) is 14.4 Å². The Hall–Kier alpha value is -2.41. The van der Waals surface area contributed by atoms with Crippen molar-refractivity contribution in [3.05, 3.63) is 29.3 Å². The summed E-state index contributed by atoms with van der Waals surface area (Å²) in [5, 5.41) is 2.81. The lowest BCUT2D eigenvalue weighted by molar-refractivity contribution is -0.126. The zero-order valence-corrected chi connectivity index (χ0v) is 15.2. The molecule has 0 spiro atoms. The van der Waals surface area contributed by atoms with Crippen LogP contribution in [0.1, 0.15) is 35.7 Å². The van der Waals surface area contributed by atoms with E-state index in [0.717, 1.165) is 30.5 Å². The van der Waals surface area contributed by atoms with Gasteiger partial charge in [-0.3, -0.25) is 14.4 Å². The number of hydrogen-bond donors (Lipinski definition) is 2. The van der Waals surface area contributed by atoms with E-state index in [1.807, 2.05) is 12.1 Å². The average molecular weight is 358 g/mol. The zero-order valence-electron chi connectivity index (χ0n) is 15.2. The van der Waals surface area contributed by atoms with Gasteiger partial charge < -0.3 is 20.9 Å². The van der Waals surface area contributed by atoms with Gasteiger partial charge in [-0.25, -0.2) is 0 Å². The first kappa shape index (κ1) is 18.4. The molecule has 3 N–H and O–H groups in total. The molecule has 1 unspecified atom stereocenters. The maximum atomic E-state index is 12.9. The number of carbonyl (C=O) groups excluding carboxylic acids is 3. The molecule has 1 aromatic carbocycles. The number of anilines is 1. The third-order valence-corrected chi connectivity index (χ3v) is 5.13. The largest absolute Gasteiger partial charge is 0.355 e. The minimum absolute atomic E-state index is 0.0187. The lowest BCUT2D eigenvalue weighted by Crippen LogP contribution is -2.46. The van der Waals surface area contributed by atoms with Crippen molar-refractivity contribution >= 4 is 23.4 Å². The minimum atomic E-state index is -0.179. The van der Waals surface area contributed by atoms with Crippen molar-refractivity contribution in [2.75, 3.05) is 37.6 Å². The molecule has 0 bridgehead atoms. The maximum absolute atomic E-state index is 12.9. The van der Waals surface area contributed by atoms with E-state index in [-0.39, 0.29) is 23.6 Å². The summed E-state index contributed by atoms with van der Waals surface area (Å²) in [4.78, 5) is 40.2. The summed E-state index contributed by atoms with van der Waals surface area (Å²) < 4.78 is 0. The van der Waals surface area contributed by atoms with Gasteiger partial charge in [0.05, 0.1) is 5.92 Å². The normalized spacial score (nSPS) is 19.2. The Morgan fingerprint density at radius 3 is 2.81 bits per heavy atom. The van der Waals surface area contributed by atoms with E-state index in [1.54, 1.807) is 22.8 Å². The summed E-state index contributed by atoms with van der Waals surface area (Å²) in [6, 6.07) is 5.52. The van der Waals surface area contributed by atoms with Crippen LogP contribution in [-0.4, -0.2) is 55.3 Å². The Labute approximate surface area is 153 Å². The second-order valence-corrected chi connectivity index (χ2v) is 6.93. The van der Waals surface area contributed by atoms with E-state index >= 15 is 0 Å². The summed E-state index contributed by atoms with van der Waals surface area (Å²) in [5.74, 6) is -0.239. The molecule has 2 aliphatic heterocycles. The Bertz CT molecular complexity index is 719. The van der Waals surface area contributed by atoms with Crippen LogP contribution in [0.5, 0.6) is 0 Å². The van der Waals surface area contributed by atoms with Crippen LogP contribution in [0.2, 0.25) is 0 Å². The highest BCUT2D eigenvalue weighted by Crippen LogP contribution is 2.29. The third-order valence-electron chi connectivity index (χ3n) is 5.13. The van der Waals surface area contributed by atoms with Crippen molar-refractivity contribution in [2.45, 2.75) is 26.2 Å². The van der Waals surface area contributed by atoms with Crippen LogP contribution >= 0.6 is 0 Å². The molecule has 26 heavy (non-hydrogen) atoms. The summed E-state index contributed by atoms with van der Waals surface area (Å²) in [5.41, 5.74) is 7.97. The summed E-state index contributed by atoms with van der Waals surface area (Å²) in [6.45, 7) is 4.18. The smallest absolute Gasteiger partial charge is 0.253 e. The van der Waals surface area contributed by atoms with Crippen LogP contribution < -0.4 is 16.0 Å². The Morgan fingerprint density at radius 2 is 2.08 bits per heavy atom. The van der Waals surface area contributed by atoms with Crippen molar-refractivity contribution < 1.29 is 14.4 Å². The first-order valence-electron chi connectivity index (χ1n) is 9.19. The van der Waals surface area contributed by atoms with Gasteiger partial charge in [-0.2, -0.15) is 0 Å². The molecule has 0 radical (unpaired) electrons. The van der Waals surface area contributed by atoms with Crippen LogP contribution in [0.4, 0.5) is 5.69 Å². The number of benzene rings is 1. The van der Waals surface area contributed by atoms with E-state index in [4.69, 9.17) is 5.73 Å². The van der Waals surface area contributed by atoms with E-state index in [0.29, 0.717) is 38.3 Å². The predicted octanol–water partition coefficient (Wildman–Crippen LogP) is 0.523. The summed E-state index contributed by atoms with van der Waals surface area (Å²) in [7, 11) is 0. The number of amides is 3. The fourth-order valence-corrected chi connectivity index (χ4v) is 3.76. The van der Waals surface area contributed by atoms with Crippen molar-refractivity contribution in [3.8, 4) is 0 Å². The topological polar surface area (TPSA) is 95.7 Å². The van der Waals surface area contributed by atoms with E-state index in [2.05, 4.69) is 5.32 Å². The third kappa shape index (κ3) is 3.72. The number of hydrogen-bond acceptors (Lipinski definition) is 4. The second-order valence-electron chi connectivity index (χ2n) is 6.93. The quantitative estimate of drug-likeness (QED) is 0.820. The average Bonchev–Trinajstić information content (AvgIpc) is 3.09. The monoisotopic (exact) mass is 358 g/mol. The molecule has 1 saturated heterocycles. The van der Waals surface area contributed by atoms with Gasteiger partial charge in [-0.05, 0) is 43.0 Å². The van der Waals surface area contributed by atoms with Crippen molar-refractivity contribution in [1.82, 2.24) is 10.2 Å². The fourth-order valence-electron chi connectivity index (χ4n) is 3.76. The van der Waals surface area contributed by atoms with Crippen LogP contribution in [-0.2, 0) is 16.0 Å². The number of nitrogens with one attached hydrogen (secondary N) is 1. The Kier molecular flexibility index (Phi) is 5.56. The highest BCUT2D eigenvalue weighted by atomic mass is 16.2. The van der Waals surface area contributed by atoms with Gasteiger partial charge in [-0.1, -0.05) is 0 Å². The first-order chi connectivity index (χ1) is 12.5. The van der Waals surface area contributed by atoms with Gasteiger partial charge in [0.1, 0.15) is 0 Å². The molecule has 3 rings (SSSR count). The number of piperidine rings is 1. The number of nitrogens with zero attached hydrogens (tertiary/aromatic N) is 2. The molecule has 0 aromatic heterocycles. The molecule has 1 fully saturated rings. The molecular weight excluding hydrogens is 332 g/mol. The number of rotatable bonds is 4. The van der Waals surface area contributed by atoms with Gasteiger partial charge in [0, 0.05) is 50.9 Å². The van der Waals surface area contributed by atoms with E-state index < -0.39 is 0 Å². The van der Waals surface area contributed by atoms with Gasteiger partial charge in [0.15, 0.2) is 0 Å². The molecule has 7 heteroatoms. The second kappa shape index (κ2) is 7.86. The standard InChI is InChI=1S/C19H26N4O3/c1-13(24)23-10-6-14-11-15(4-5-17(14)23)19(26)22-9-2-3-16(12-22)18(25)21-8-7-20/h4-5,11,16H,2-3,6-10,12,20H2,1H3,(H,21,25). The highest BCUT2D eigenvalue weighted by Gasteiger charge is 2.30. The molecule has 2 aliphatic rings.